The van der Waals surface area contributed by atoms with Crippen LogP contribution in [0.1, 0.15) is 47.4 Å². The van der Waals surface area contributed by atoms with Crippen molar-refractivity contribution in [2.75, 3.05) is 14.2 Å². The topological polar surface area (TPSA) is 60.6 Å². The fourth-order valence-corrected chi connectivity index (χ4v) is 4.93. The fourth-order valence-electron chi connectivity index (χ4n) is 4.93. The summed E-state index contributed by atoms with van der Waals surface area (Å²) in [6, 6.07) is 11.0. The fraction of sp³-hybridized carbons (Fsp3) is 0.462. The van der Waals surface area contributed by atoms with E-state index in [0.29, 0.717) is 12.0 Å². The van der Waals surface area contributed by atoms with Gasteiger partial charge < -0.3 is 14.0 Å². The normalized spacial score (nSPS) is 18.3. The van der Waals surface area contributed by atoms with Gasteiger partial charge in [0, 0.05) is 44.0 Å². The van der Waals surface area contributed by atoms with Gasteiger partial charge in [-0.15, -0.1) is 0 Å². The molecule has 32 heavy (non-hydrogen) atoms. The zero-order chi connectivity index (χ0) is 22.5. The Hall–Kier alpha value is -2.86. The molecule has 2 atom stereocenters. The molecule has 0 saturated heterocycles. The Labute approximate surface area is 190 Å². The van der Waals surface area contributed by atoms with Gasteiger partial charge in [-0.2, -0.15) is 0 Å². The van der Waals surface area contributed by atoms with Crippen molar-refractivity contribution in [3.05, 3.63) is 70.9 Å². The van der Waals surface area contributed by atoms with E-state index in [-0.39, 0.29) is 0 Å². The van der Waals surface area contributed by atoms with Gasteiger partial charge in [-0.3, -0.25) is 9.88 Å². The number of aromatic nitrogens is 2. The van der Waals surface area contributed by atoms with Crippen LogP contribution in [-0.4, -0.2) is 35.3 Å². The SMILES string of the molecule is COc1cc(C)c(CN(Cc2ccncc2)[C@@H]2CCC[C@H]2Cc2cc(C)no2)cc1OC. The molecule has 1 aliphatic rings. The van der Waals surface area contributed by atoms with Crippen LogP contribution >= 0.6 is 0 Å². The molecule has 0 unspecified atom stereocenters. The maximum Gasteiger partial charge on any atom is 0.161 e. The minimum atomic E-state index is 0.473. The van der Waals surface area contributed by atoms with Crippen molar-refractivity contribution in [1.29, 1.82) is 0 Å². The van der Waals surface area contributed by atoms with E-state index in [1.54, 1.807) is 14.2 Å². The Bertz CT molecular complexity index is 1020. The zero-order valence-electron chi connectivity index (χ0n) is 19.5. The van der Waals surface area contributed by atoms with E-state index in [1.165, 1.54) is 36.0 Å². The van der Waals surface area contributed by atoms with Gasteiger partial charge in [0.15, 0.2) is 11.5 Å². The first-order chi connectivity index (χ1) is 15.6. The molecular weight excluding hydrogens is 402 g/mol. The predicted octanol–water partition coefficient (Wildman–Crippen LogP) is 5.12. The maximum atomic E-state index is 5.59. The lowest BCUT2D eigenvalue weighted by Crippen LogP contribution is -2.38. The standard InChI is InChI=1S/C26H33N3O3/c1-18-12-25(30-3)26(31-4)15-22(18)17-29(16-20-8-10-27-11-9-20)24-7-5-6-21(24)14-23-13-19(2)28-32-23/h8-13,15,21,24H,5-7,14,16-17H2,1-4H3/t21-,24+/m0/s1. The van der Waals surface area contributed by atoms with Crippen molar-refractivity contribution >= 4 is 0 Å². The highest BCUT2D eigenvalue weighted by Crippen LogP contribution is 2.36. The lowest BCUT2D eigenvalue weighted by atomic mass is 9.95. The zero-order valence-corrected chi connectivity index (χ0v) is 19.5. The quantitative estimate of drug-likeness (QED) is 0.465. The van der Waals surface area contributed by atoms with Crippen LogP contribution in [0.25, 0.3) is 0 Å². The molecule has 2 aromatic heterocycles. The molecule has 6 heteroatoms. The number of rotatable bonds is 9. The van der Waals surface area contributed by atoms with Crippen LogP contribution < -0.4 is 9.47 Å². The summed E-state index contributed by atoms with van der Waals surface area (Å²) in [5.41, 5.74) is 4.70. The third kappa shape index (κ3) is 5.13. The first-order valence-corrected chi connectivity index (χ1v) is 11.3. The summed E-state index contributed by atoms with van der Waals surface area (Å²) in [7, 11) is 3.37. The lowest BCUT2D eigenvalue weighted by molar-refractivity contribution is 0.138. The molecule has 1 saturated carbocycles. The average Bonchev–Trinajstić information content (AvgIpc) is 3.43. The van der Waals surface area contributed by atoms with Gasteiger partial charge in [-0.25, -0.2) is 0 Å². The molecule has 1 aliphatic carbocycles. The molecule has 0 N–H and O–H groups in total. The molecule has 170 valence electrons. The minimum absolute atomic E-state index is 0.473. The molecule has 0 radical (unpaired) electrons. The number of aryl methyl sites for hydroxylation is 2. The third-order valence-electron chi connectivity index (χ3n) is 6.58. The maximum absolute atomic E-state index is 5.59. The summed E-state index contributed by atoms with van der Waals surface area (Å²) in [5.74, 6) is 3.08. The number of methoxy groups -OCH3 is 2. The third-order valence-corrected chi connectivity index (χ3v) is 6.58. The molecular formula is C26H33N3O3. The van der Waals surface area contributed by atoms with E-state index < -0.39 is 0 Å². The molecule has 3 aromatic rings. The van der Waals surface area contributed by atoms with Crippen LogP contribution in [0.3, 0.4) is 0 Å². The highest BCUT2D eigenvalue weighted by atomic mass is 16.5. The van der Waals surface area contributed by atoms with E-state index in [9.17, 15) is 0 Å². The summed E-state index contributed by atoms with van der Waals surface area (Å²) in [6.07, 6.45) is 8.32. The molecule has 2 heterocycles. The van der Waals surface area contributed by atoms with Crippen LogP contribution in [0.4, 0.5) is 0 Å². The minimum Gasteiger partial charge on any atom is -0.493 e. The molecule has 4 rings (SSSR count). The Balaban J connectivity index is 1.61. The van der Waals surface area contributed by atoms with Crippen LogP contribution in [0.2, 0.25) is 0 Å². The van der Waals surface area contributed by atoms with E-state index in [2.05, 4.69) is 52.3 Å². The van der Waals surface area contributed by atoms with Gasteiger partial charge in [0.2, 0.25) is 0 Å². The number of hydrogen-bond donors (Lipinski definition) is 0. The first kappa shape index (κ1) is 22.3. The summed E-state index contributed by atoms with van der Waals surface area (Å²) in [6.45, 7) is 5.86. The summed E-state index contributed by atoms with van der Waals surface area (Å²) < 4.78 is 16.6. The highest BCUT2D eigenvalue weighted by molar-refractivity contribution is 5.47. The summed E-state index contributed by atoms with van der Waals surface area (Å²) >= 11 is 0. The Morgan fingerprint density at radius 3 is 2.44 bits per heavy atom. The highest BCUT2D eigenvalue weighted by Gasteiger charge is 2.33. The van der Waals surface area contributed by atoms with Crippen LogP contribution in [0.15, 0.2) is 47.2 Å². The Kier molecular flexibility index (Phi) is 7.10. The van der Waals surface area contributed by atoms with Crippen molar-refractivity contribution in [2.24, 2.45) is 5.92 Å². The van der Waals surface area contributed by atoms with Crippen molar-refractivity contribution in [1.82, 2.24) is 15.0 Å². The van der Waals surface area contributed by atoms with E-state index in [0.717, 1.165) is 42.5 Å². The van der Waals surface area contributed by atoms with Gasteiger partial charge in [0.05, 0.1) is 19.9 Å². The summed E-state index contributed by atoms with van der Waals surface area (Å²) in [4.78, 5) is 6.81. The second kappa shape index (κ2) is 10.2. The second-order valence-corrected chi connectivity index (χ2v) is 8.79. The lowest BCUT2D eigenvalue weighted by Gasteiger charge is -2.33. The monoisotopic (exact) mass is 435 g/mol. The van der Waals surface area contributed by atoms with Crippen LogP contribution in [0.5, 0.6) is 11.5 Å². The molecule has 1 fully saturated rings. The predicted molar refractivity (Wildman–Crippen MR) is 124 cm³/mol. The average molecular weight is 436 g/mol. The molecule has 0 spiro atoms. The number of nitrogens with zero attached hydrogens (tertiary/aromatic N) is 3. The van der Waals surface area contributed by atoms with Crippen molar-refractivity contribution in [2.45, 2.75) is 58.7 Å². The molecule has 1 aromatic carbocycles. The van der Waals surface area contributed by atoms with E-state index in [1.807, 2.05) is 19.3 Å². The van der Waals surface area contributed by atoms with Crippen molar-refractivity contribution in [3.8, 4) is 11.5 Å². The van der Waals surface area contributed by atoms with Crippen LogP contribution in [-0.2, 0) is 19.5 Å². The van der Waals surface area contributed by atoms with Crippen LogP contribution in [0, 0.1) is 19.8 Å². The molecule has 6 nitrogen and oxygen atoms in total. The van der Waals surface area contributed by atoms with E-state index >= 15 is 0 Å². The smallest absolute Gasteiger partial charge is 0.161 e. The van der Waals surface area contributed by atoms with Gasteiger partial charge >= 0.3 is 0 Å². The first-order valence-electron chi connectivity index (χ1n) is 11.3. The molecule has 0 amide bonds. The number of ether oxygens (including phenoxy) is 2. The summed E-state index contributed by atoms with van der Waals surface area (Å²) in [5, 5.41) is 4.09. The molecule has 0 bridgehead atoms. The Morgan fingerprint density at radius 2 is 1.75 bits per heavy atom. The van der Waals surface area contributed by atoms with Crippen molar-refractivity contribution in [3.63, 3.8) is 0 Å². The number of pyridine rings is 1. The van der Waals surface area contributed by atoms with Gasteiger partial charge in [-0.1, -0.05) is 11.6 Å². The number of benzene rings is 1. The van der Waals surface area contributed by atoms with Gasteiger partial charge in [0.1, 0.15) is 5.76 Å². The number of hydrogen-bond acceptors (Lipinski definition) is 6. The van der Waals surface area contributed by atoms with Gasteiger partial charge in [0.25, 0.3) is 0 Å². The Morgan fingerprint density at radius 1 is 1.00 bits per heavy atom. The molecule has 0 aliphatic heterocycles. The van der Waals surface area contributed by atoms with E-state index in [4.69, 9.17) is 14.0 Å². The van der Waals surface area contributed by atoms with Crippen molar-refractivity contribution < 1.29 is 14.0 Å². The largest absolute Gasteiger partial charge is 0.493 e. The second-order valence-electron chi connectivity index (χ2n) is 8.79. The van der Waals surface area contributed by atoms with Gasteiger partial charge in [-0.05, 0) is 73.6 Å².